The first-order valence-corrected chi connectivity index (χ1v) is 29.7. The molecule has 0 bridgehead atoms. The molecule has 2 fully saturated rings. The third kappa shape index (κ3) is 15.2. The highest BCUT2D eigenvalue weighted by molar-refractivity contribution is 6.74. The van der Waals surface area contributed by atoms with Crippen LogP contribution in [-0.2, 0) is 36.6 Å². The fourth-order valence-corrected chi connectivity index (χ4v) is 11.2. The zero-order valence-electron chi connectivity index (χ0n) is 46.7. The average molecular weight is 1070 g/mol. The Morgan fingerprint density at radius 2 is 1.00 bits per heavy atom. The molecule has 0 spiro atoms. The van der Waals surface area contributed by atoms with Crippen LogP contribution in [0.4, 0.5) is 19.2 Å². The number of H-pyrrole nitrogens is 2. The fourth-order valence-electron chi connectivity index (χ4n) is 9.86. The molecule has 6 atom stereocenters. The second-order valence-electron chi connectivity index (χ2n) is 23.6. The number of ether oxygens (including phenoxy) is 4. The van der Waals surface area contributed by atoms with Crippen molar-refractivity contribution >= 4 is 54.5 Å². The number of amides is 4. The molecular weight excluding hydrogens is 993 g/mol. The minimum atomic E-state index is -2.20. The first-order valence-electron chi connectivity index (χ1n) is 26.8. The Morgan fingerprint density at radius 1 is 0.597 bits per heavy atom. The first-order chi connectivity index (χ1) is 36.4. The maximum atomic E-state index is 13.7. The van der Waals surface area contributed by atoms with Crippen molar-refractivity contribution in [1.29, 1.82) is 0 Å². The maximum absolute atomic E-state index is 13.7. The summed E-state index contributed by atoms with van der Waals surface area (Å²) in [5.41, 5.74) is 4.35. The third-order valence-electron chi connectivity index (χ3n) is 14.5. The smallest absolute Gasteiger partial charge is 0.410 e. The molecule has 0 radical (unpaired) electrons. The number of aromatic amines is 2. The quantitative estimate of drug-likeness (QED) is 0.0517. The van der Waals surface area contributed by atoms with E-state index in [2.05, 4.69) is 60.5 Å². The lowest BCUT2D eigenvalue weighted by Crippen LogP contribution is -2.52. The molecule has 17 heteroatoms. The van der Waals surface area contributed by atoms with Crippen LogP contribution in [0.3, 0.4) is 0 Å². The van der Waals surface area contributed by atoms with Gasteiger partial charge in [0.1, 0.15) is 24.4 Å². The van der Waals surface area contributed by atoms with Crippen LogP contribution in [-0.4, -0.2) is 119 Å². The van der Waals surface area contributed by atoms with Gasteiger partial charge in [-0.3, -0.25) is 0 Å². The molecule has 2 aromatic heterocycles. The van der Waals surface area contributed by atoms with Gasteiger partial charge in [0, 0.05) is 72.2 Å². The van der Waals surface area contributed by atoms with Crippen LogP contribution in [0.2, 0.25) is 18.1 Å². The van der Waals surface area contributed by atoms with Gasteiger partial charge in [-0.1, -0.05) is 118 Å². The van der Waals surface area contributed by atoms with Gasteiger partial charge in [-0.05, 0) is 107 Å². The molecule has 4 heterocycles. The molecule has 77 heavy (non-hydrogen) atoms. The predicted molar refractivity (Wildman–Crippen MR) is 302 cm³/mol. The van der Waals surface area contributed by atoms with E-state index in [1.165, 1.54) is 0 Å². The number of carbonyl (C=O) groups excluding carboxylic acids is 4. The minimum absolute atomic E-state index is 0.00728. The minimum Gasteiger partial charge on any atom is -0.445 e. The molecule has 8 rings (SSSR count). The van der Waals surface area contributed by atoms with Crippen molar-refractivity contribution in [3.05, 3.63) is 144 Å². The summed E-state index contributed by atoms with van der Waals surface area (Å²) in [6.07, 6.45) is 2.09. The molecule has 4 amide bonds. The third-order valence-corrected chi connectivity index (χ3v) is 19.1. The molecule has 0 aliphatic carbocycles. The van der Waals surface area contributed by atoms with Gasteiger partial charge in [-0.25, -0.2) is 19.2 Å². The molecule has 2 saturated heterocycles. The summed E-state index contributed by atoms with van der Waals surface area (Å²) >= 11 is 0. The SMILES string of the molecule is CC(C)(C)OC(=O)N1CC[C@H](O)[C@H]1[C@@H](CNC(=O)OCc1ccccc1)c1c[nH]c2ccccc12.CC(C)(C)OC(=O)N1CC[C@H](O[Si](C)(C)C(C)(C)C)[C@H]1[C@@H](CNC(=O)OCc1ccccc1)c1c[nH]c2ccccc12. The highest BCUT2D eigenvalue weighted by atomic mass is 28.4. The lowest BCUT2D eigenvalue weighted by atomic mass is 9.88. The van der Waals surface area contributed by atoms with E-state index in [1.54, 1.807) is 4.90 Å². The topological polar surface area (TPSA) is 197 Å². The number of alkyl carbamates (subject to hydrolysis) is 2. The van der Waals surface area contributed by atoms with E-state index >= 15 is 0 Å². The molecule has 2 aliphatic heterocycles. The predicted octanol–water partition coefficient (Wildman–Crippen LogP) is 12.1. The maximum Gasteiger partial charge on any atom is 0.410 e. The van der Waals surface area contributed by atoms with E-state index in [1.807, 2.05) is 162 Å². The molecule has 414 valence electrons. The van der Waals surface area contributed by atoms with E-state index in [0.29, 0.717) is 25.9 Å². The largest absolute Gasteiger partial charge is 0.445 e. The number of aliphatic hydroxyl groups is 1. The summed E-state index contributed by atoms with van der Waals surface area (Å²) < 4.78 is 29.5. The molecule has 4 aromatic carbocycles. The number of benzene rings is 4. The van der Waals surface area contributed by atoms with Crippen LogP contribution in [0.1, 0.15) is 109 Å². The lowest BCUT2D eigenvalue weighted by molar-refractivity contribution is 0.0113. The Morgan fingerprint density at radius 3 is 1.44 bits per heavy atom. The zero-order chi connectivity index (χ0) is 55.7. The van der Waals surface area contributed by atoms with E-state index < -0.39 is 49.9 Å². The van der Waals surface area contributed by atoms with Crippen molar-refractivity contribution in [1.82, 2.24) is 30.4 Å². The number of hydrogen-bond donors (Lipinski definition) is 5. The number of hydrogen-bond acceptors (Lipinski definition) is 10. The van der Waals surface area contributed by atoms with Gasteiger partial charge in [0.25, 0.3) is 0 Å². The molecule has 5 N–H and O–H groups in total. The Bertz CT molecular complexity index is 2910. The van der Waals surface area contributed by atoms with E-state index in [-0.39, 0.29) is 61.4 Å². The van der Waals surface area contributed by atoms with Crippen LogP contribution in [0.15, 0.2) is 122 Å². The number of carbonyl (C=O) groups is 4. The molecule has 2 aliphatic rings. The lowest BCUT2D eigenvalue weighted by Gasteiger charge is -2.42. The number of aliphatic hydroxyl groups excluding tert-OH is 1. The van der Waals surface area contributed by atoms with Crippen LogP contribution >= 0.6 is 0 Å². The number of nitrogens with one attached hydrogen (secondary N) is 4. The number of aromatic nitrogens is 2. The number of rotatable bonds is 14. The molecule has 6 aromatic rings. The van der Waals surface area contributed by atoms with Crippen molar-refractivity contribution in [2.45, 2.75) is 154 Å². The van der Waals surface area contributed by atoms with Gasteiger partial charge in [-0.15, -0.1) is 0 Å². The van der Waals surface area contributed by atoms with Crippen LogP contribution in [0.5, 0.6) is 0 Å². The van der Waals surface area contributed by atoms with Crippen molar-refractivity contribution in [2.75, 3.05) is 26.2 Å². The van der Waals surface area contributed by atoms with Gasteiger partial charge < -0.3 is 58.9 Å². The van der Waals surface area contributed by atoms with Crippen LogP contribution < -0.4 is 10.6 Å². The first kappa shape index (κ1) is 57.9. The summed E-state index contributed by atoms with van der Waals surface area (Å²) in [6.45, 7) is 23.8. The second-order valence-corrected chi connectivity index (χ2v) is 28.3. The molecule has 0 unspecified atom stereocenters. The number of fused-ring (bicyclic) bond motifs is 2. The van der Waals surface area contributed by atoms with Crippen molar-refractivity contribution in [3.8, 4) is 0 Å². The van der Waals surface area contributed by atoms with Crippen LogP contribution in [0, 0.1) is 0 Å². The zero-order valence-corrected chi connectivity index (χ0v) is 47.7. The summed E-state index contributed by atoms with van der Waals surface area (Å²) in [7, 11) is -2.20. The summed E-state index contributed by atoms with van der Waals surface area (Å²) in [5.74, 6) is -0.671. The second kappa shape index (κ2) is 24.7. The molecule has 16 nitrogen and oxygen atoms in total. The standard InChI is InChI=1S/C33H47N3O5Si.C27H33N3O5/c1-32(2,3)40-31(38)36-19-18-28(41-42(7,8)33(4,5)6)29(36)26(25-20-34-27-17-13-12-16-24(25)27)21-35-30(37)39-22-23-14-10-9-11-15-23;1-27(2,3)35-26(33)30-14-13-23(31)24(30)21(20-15-28-22-12-8-7-11-19(20)22)16-29-25(32)34-17-18-9-5-4-6-10-18/h9-17,20,26,28-29,34H,18-19,21-22H2,1-8H3,(H,35,37);4-12,15,21,23-24,28,31H,13-14,16-17H2,1-3H3,(H,29,32)/t26-,28-,29+;21-,23-,24+/m00/s1. The highest BCUT2D eigenvalue weighted by Gasteiger charge is 2.50. The van der Waals surface area contributed by atoms with E-state index in [9.17, 15) is 24.3 Å². The van der Waals surface area contributed by atoms with Gasteiger partial charge in [-0.2, -0.15) is 0 Å². The van der Waals surface area contributed by atoms with Crippen molar-refractivity contribution in [2.24, 2.45) is 0 Å². The van der Waals surface area contributed by atoms with Gasteiger partial charge in [0.15, 0.2) is 8.32 Å². The van der Waals surface area contributed by atoms with Gasteiger partial charge in [0.05, 0.1) is 24.3 Å². The molecule has 0 saturated carbocycles. The van der Waals surface area contributed by atoms with Gasteiger partial charge in [0.2, 0.25) is 0 Å². The Kier molecular flexibility index (Phi) is 18.5. The summed E-state index contributed by atoms with van der Waals surface area (Å²) in [4.78, 5) is 62.2. The number of nitrogens with zero attached hydrogens (tertiary/aromatic N) is 2. The number of para-hydroxylation sites is 2. The van der Waals surface area contributed by atoms with E-state index in [0.717, 1.165) is 44.1 Å². The van der Waals surface area contributed by atoms with Crippen LogP contribution in [0.25, 0.3) is 21.8 Å². The van der Waals surface area contributed by atoms with Crippen molar-refractivity contribution in [3.63, 3.8) is 0 Å². The normalized spacial score (nSPS) is 18.8. The fraction of sp³-hybridized carbons (Fsp3) is 0.467. The molecular formula is C60H80N6O10Si. The summed E-state index contributed by atoms with van der Waals surface area (Å²) in [6, 6.07) is 34.0. The highest BCUT2D eigenvalue weighted by Crippen LogP contribution is 2.43. The monoisotopic (exact) mass is 1070 g/mol. The van der Waals surface area contributed by atoms with E-state index in [4.69, 9.17) is 23.4 Å². The summed E-state index contributed by atoms with van der Waals surface area (Å²) in [5, 5.41) is 18.8. The average Bonchev–Trinajstić information content (AvgIpc) is 4.19. The Hall–Kier alpha value is -6.82. The number of likely N-dealkylation sites (tertiary alicyclic amines) is 2. The Labute approximate surface area is 454 Å². The van der Waals surface area contributed by atoms with Crippen molar-refractivity contribution < 1.29 is 47.7 Å². The van der Waals surface area contributed by atoms with Gasteiger partial charge >= 0.3 is 24.4 Å². The Balaban J connectivity index is 0.000000227.